The van der Waals surface area contributed by atoms with E-state index in [1.807, 2.05) is 6.92 Å². The van der Waals surface area contributed by atoms with Crippen molar-refractivity contribution in [2.75, 3.05) is 0 Å². The van der Waals surface area contributed by atoms with Gasteiger partial charge in [0.25, 0.3) is 0 Å². The van der Waals surface area contributed by atoms with Gasteiger partial charge in [-0.1, -0.05) is 12.8 Å². The number of hydrogen-bond donors (Lipinski definition) is 2. The third kappa shape index (κ3) is 2.80. The van der Waals surface area contributed by atoms with Gasteiger partial charge < -0.3 is 5.32 Å². The van der Waals surface area contributed by atoms with Crippen molar-refractivity contribution in [1.29, 1.82) is 0 Å². The Balaban J connectivity index is 1.46. The highest BCUT2D eigenvalue weighted by molar-refractivity contribution is 5.76. The van der Waals surface area contributed by atoms with Gasteiger partial charge >= 0.3 is 0 Å². The van der Waals surface area contributed by atoms with E-state index < -0.39 is 0 Å². The zero-order valence-corrected chi connectivity index (χ0v) is 11.5. The quantitative estimate of drug-likeness (QED) is 0.868. The van der Waals surface area contributed by atoms with Gasteiger partial charge in [0.15, 0.2) is 5.82 Å². The Morgan fingerprint density at radius 3 is 3.05 bits per heavy atom. The first-order valence-corrected chi connectivity index (χ1v) is 7.39. The van der Waals surface area contributed by atoms with Gasteiger partial charge in [0.05, 0.1) is 0 Å². The third-order valence-corrected chi connectivity index (χ3v) is 4.65. The minimum atomic E-state index is 0.153. The molecule has 3 rings (SSSR count). The number of aromatic nitrogens is 3. The molecule has 104 valence electrons. The Labute approximate surface area is 113 Å². The van der Waals surface area contributed by atoms with Crippen LogP contribution in [0.3, 0.4) is 0 Å². The lowest BCUT2D eigenvalue weighted by atomic mass is 9.97. The van der Waals surface area contributed by atoms with Gasteiger partial charge in [-0.25, -0.2) is 4.98 Å². The molecule has 2 N–H and O–H groups in total. The normalized spacial score (nSPS) is 29.4. The molecule has 0 aromatic carbocycles. The largest absolute Gasteiger partial charge is 0.353 e. The van der Waals surface area contributed by atoms with E-state index in [1.165, 1.54) is 32.1 Å². The minimum absolute atomic E-state index is 0.153. The number of nitrogens with zero attached hydrogens (tertiary/aromatic N) is 2. The van der Waals surface area contributed by atoms with E-state index in [0.29, 0.717) is 18.9 Å². The minimum Gasteiger partial charge on any atom is -0.353 e. The lowest BCUT2D eigenvalue weighted by molar-refractivity contribution is -0.122. The summed E-state index contributed by atoms with van der Waals surface area (Å²) in [6.45, 7) is 1.87. The zero-order chi connectivity index (χ0) is 13.2. The summed E-state index contributed by atoms with van der Waals surface area (Å²) in [6, 6.07) is 0.425. The molecule has 2 saturated carbocycles. The lowest BCUT2D eigenvalue weighted by Crippen LogP contribution is -2.37. The first-order chi connectivity index (χ1) is 9.22. The molecule has 5 heteroatoms. The Morgan fingerprint density at radius 1 is 1.37 bits per heavy atom. The topological polar surface area (TPSA) is 70.7 Å². The molecule has 5 nitrogen and oxygen atoms in total. The van der Waals surface area contributed by atoms with Crippen LogP contribution < -0.4 is 5.32 Å². The van der Waals surface area contributed by atoms with Crippen LogP contribution in [0.25, 0.3) is 0 Å². The summed E-state index contributed by atoms with van der Waals surface area (Å²) in [5.74, 6) is 3.31. The monoisotopic (exact) mass is 262 g/mol. The second-order valence-electron chi connectivity index (χ2n) is 5.94. The Bertz CT molecular complexity index is 456. The fourth-order valence-electron chi connectivity index (χ4n) is 3.75. The van der Waals surface area contributed by atoms with E-state index in [1.54, 1.807) is 0 Å². The number of aryl methyl sites for hydroxylation is 2. The fourth-order valence-corrected chi connectivity index (χ4v) is 3.75. The summed E-state index contributed by atoms with van der Waals surface area (Å²) in [5.41, 5.74) is 0. The van der Waals surface area contributed by atoms with Crippen LogP contribution >= 0.6 is 0 Å². The maximum atomic E-state index is 12.0. The van der Waals surface area contributed by atoms with Gasteiger partial charge in [-0.05, 0) is 38.0 Å². The number of carbonyl (C=O) groups is 1. The summed E-state index contributed by atoms with van der Waals surface area (Å²) in [5, 5.41) is 10.1. The first kappa shape index (κ1) is 12.6. The molecule has 0 radical (unpaired) electrons. The number of hydrogen-bond acceptors (Lipinski definition) is 3. The molecule has 19 heavy (non-hydrogen) atoms. The van der Waals surface area contributed by atoms with Crippen LogP contribution in [0.5, 0.6) is 0 Å². The van der Waals surface area contributed by atoms with Crippen LogP contribution in [0.4, 0.5) is 0 Å². The van der Waals surface area contributed by atoms with E-state index >= 15 is 0 Å². The van der Waals surface area contributed by atoms with E-state index in [2.05, 4.69) is 20.5 Å². The van der Waals surface area contributed by atoms with Crippen LogP contribution in [-0.4, -0.2) is 27.1 Å². The zero-order valence-electron chi connectivity index (χ0n) is 11.5. The van der Waals surface area contributed by atoms with Crippen molar-refractivity contribution in [1.82, 2.24) is 20.5 Å². The molecule has 2 aliphatic carbocycles. The molecule has 0 unspecified atom stereocenters. The molecular formula is C14H22N4O. The highest BCUT2D eigenvalue weighted by atomic mass is 16.1. The van der Waals surface area contributed by atoms with E-state index in [0.717, 1.165) is 23.5 Å². The van der Waals surface area contributed by atoms with Crippen molar-refractivity contribution in [3.63, 3.8) is 0 Å². The van der Waals surface area contributed by atoms with Crippen molar-refractivity contribution in [2.45, 2.75) is 57.9 Å². The van der Waals surface area contributed by atoms with E-state index in [9.17, 15) is 4.79 Å². The van der Waals surface area contributed by atoms with Crippen molar-refractivity contribution in [3.8, 4) is 0 Å². The average molecular weight is 262 g/mol. The molecule has 0 spiro atoms. The van der Waals surface area contributed by atoms with Gasteiger partial charge in [-0.3, -0.25) is 9.89 Å². The highest BCUT2D eigenvalue weighted by Gasteiger charge is 2.39. The van der Waals surface area contributed by atoms with Crippen LogP contribution in [-0.2, 0) is 11.2 Å². The van der Waals surface area contributed by atoms with E-state index in [-0.39, 0.29) is 5.91 Å². The molecule has 0 saturated heterocycles. The van der Waals surface area contributed by atoms with E-state index in [4.69, 9.17) is 0 Å². The summed E-state index contributed by atoms with van der Waals surface area (Å²) in [4.78, 5) is 16.2. The predicted molar refractivity (Wildman–Crippen MR) is 71.4 cm³/mol. The first-order valence-electron chi connectivity index (χ1n) is 7.39. The molecular weight excluding hydrogens is 240 g/mol. The standard InChI is InChI=1S/C14H22N4O/c1-9-15-13(18-17-9)7-8-14(19)16-12-6-5-10-3-2-4-11(10)12/h10-12H,2-8H2,1H3,(H,16,19)(H,15,17,18)/t10-,11-,12-/m1/s1. The van der Waals surface area contributed by atoms with Gasteiger partial charge in [0.1, 0.15) is 5.82 Å². The summed E-state index contributed by atoms with van der Waals surface area (Å²) in [6.07, 6.45) is 7.60. The molecule has 1 aromatic heterocycles. The van der Waals surface area contributed by atoms with Crippen molar-refractivity contribution < 1.29 is 4.79 Å². The van der Waals surface area contributed by atoms with Gasteiger partial charge in [-0.2, -0.15) is 5.10 Å². The molecule has 3 atom stereocenters. The number of fused-ring (bicyclic) bond motifs is 1. The fraction of sp³-hybridized carbons (Fsp3) is 0.786. The second-order valence-corrected chi connectivity index (χ2v) is 5.94. The maximum Gasteiger partial charge on any atom is 0.220 e. The van der Waals surface area contributed by atoms with Crippen LogP contribution in [0, 0.1) is 18.8 Å². The SMILES string of the molecule is Cc1nc(CCC(=O)N[C@@H]2CC[C@H]3CCC[C@H]32)n[nH]1. The molecule has 1 heterocycles. The Hall–Kier alpha value is -1.39. The number of nitrogens with one attached hydrogen (secondary N) is 2. The van der Waals surface area contributed by atoms with Gasteiger partial charge in [0.2, 0.25) is 5.91 Å². The number of carbonyl (C=O) groups excluding carboxylic acids is 1. The summed E-state index contributed by atoms with van der Waals surface area (Å²) >= 11 is 0. The molecule has 2 aliphatic rings. The average Bonchev–Trinajstić information content (AvgIpc) is 3.05. The Kier molecular flexibility index (Phi) is 3.53. The van der Waals surface area contributed by atoms with Crippen LogP contribution in [0.1, 0.15) is 50.2 Å². The van der Waals surface area contributed by atoms with Gasteiger partial charge in [-0.15, -0.1) is 0 Å². The van der Waals surface area contributed by atoms with Gasteiger partial charge in [0, 0.05) is 18.9 Å². The molecule has 1 amide bonds. The number of aromatic amines is 1. The number of H-pyrrole nitrogens is 1. The number of rotatable bonds is 4. The van der Waals surface area contributed by atoms with Crippen molar-refractivity contribution >= 4 is 5.91 Å². The third-order valence-electron chi connectivity index (χ3n) is 4.65. The molecule has 0 bridgehead atoms. The Morgan fingerprint density at radius 2 is 2.26 bits per heavy atom. The van der Waals surface area contributed by atoms with Crippen LogP contribution in [0.2, 0.25) is 0 Å². The van der Waals surface area contributed by atoms with Crippen LogP contribution in [0.15, 0.2) is 0 Å². The molecule has 2 fully saturated rings. The molecule has 0 aliphatic heterocycles. The predicted octanol–water partition coefficient (Wildman–Crippen LogP) is 1.74. The summed E-state index contributed by atoms with van der Waals surface area (Å²) in [7, 11) is 0. The van der Waals surface area contributed by atoms with Crippen molar-refractivity contribution in [2.24, 2.45) is 11.8 Å². The second kappa shape index (κ2) is 5.31. The summed E-state index contributed by atoms with van der Waals surface area (Å²) < 4.78 is 0. The molecule has 1 aromatic rings. The lowest BCUT2D eigenvalue weighted by Gasteiger charge is -2.19. The smallest absolute Gasteiger partial charge is 0.220 e. The maximum absolute atomic E-state index is 12.0. The van der Waals surface area contributed by atoms with Crippen molar-refractivity contribution in [3.05, 3.63) is 11.6 Å². The number of amides is 1. The highest BCUT2D eigenvalue weighted by Crippen LogP contribution is 2.43.